The lowest BCUT2D eigenvalue weighted by Gasteiger charge is -2.10. The van der Waals surface area contributed by atoms with Gasteiger partial charge in [0.15, 0.2) is 10.9 Å². The van der Waals surface area contributed by atoms with Crippen molar-refractivity contribution in [2.45, 2.75) is 19.0 Å². The zero-order valence-electron chi connectivity index (χ0n) is 14.7. The third-order valence-corrected chi connectivity index (χ3v) is 5.11. The van der Waals surface area contributed by atoms with Crippen LogP contribution in [0.15, 0.2) is 35.5 Å². The molecule has 2 aromatic heterocycles. The SMILES string of the molecule is Cc1cc(C(=O)CSc2nc(N)cc(N)n2)c(C)n1-c1ccc(F)c(Cl)c1. The number of aryl methyl sites for hydroxylation is 1. The van der Waals surface area contributed by atoms with E-state index in [-0.39, 0.29) is 28.2 Å². The van der Waals surface area contributed by atoms with E-state index in [0.717, 1.165) is 23.1 Å². The van der Waals surface area contributed by atoms with Gasteiger partial charge in [0.2, 0.25) is 0 Å². The molecule has 3 aromatic rings. The van der Waals surface area contributed by atoms with Gasteiger partial charge in [0, 0.05) is 28.7 Å². The van der Waals surface area contributed by atoms with Gasteiger partial charge in [-0.05, 0) is 38.1 Å². The smallest absolute Gasteiger partial charge is 0.191 e. The van der Waals surface area contributed by atoms with E-state index >= 15 is 0 Å². The number of ketones is 1. The van der Waals surface area contributed by atoms with Gasteiger partial charge in [0.1, 0.15) is 17.5 Å². The second kappa shape index (κ2) is 7.58. The number of halogens is 2. The number of anilines is 2. The lowest BCUT2D eigenvalue weighted by molar-refractivity contribution is 0.102. The zero-order valence-corrected chi connectivity index (χ0v) is 16.2. The van der Waals surface area contributed by atoms with Crippen LogP contribution in [0.25, 0.3) is 5.69 Å². The molecule has 0 radical (unpaired) electrons. The minimum absolute atomic E-state index is 0.0276. The van der Waals surface area contributed by atoms with Gasteiger partial charge in [0.05, 0.1) is 10.8 Å². The molecule has 3 rings (SSSR count). The van der Waals surface area contributed by atoms with E-state index in [1.54, 1.807) is 12.1 Å². The summed E-state index contributed by atoms with van der Waals surface area (Å²) in [7, 11) is 0. The molecular weight excluding hydrogens is 389 g/mol. The quantitative estimate of drug-likeness (QED) is 0.380. The number of Topliss-reactive ketones (excluding diaryl/α,β-unsaturated/α-hetero) is 1. The molecule has 4 N–H and O–H groups in total. The first-order valence-corrected chi connectivity index (χ1v) is 9.33. The van der Waals surface area contributed by atoms with E-state index in [9.17, 15) is 9.18 Å². The average Bonchev–Trinajstić information content (AvgIpc) is 2.89. The molecule has 0 aliphatic carbocycles. The number of rotatable bonds is 5. The highest BCUT2D eigenvalue weighted by atomic mass is 35.5. The molecule has 0 unspecified atom stereocenters. The molecule has 0 saturated heterocycles. The van der Waals surface area contributed by atoms with Crippen LogP contribution < -0.4 is 11.5 Å². The molecule has 0 aliphatic rings. The molecule has 9 heteroatoms. The molecule has 1 aromatic carbocycles. The Labute approximate surface area is 164 Å². The van der Waals surface area contributed by atoms with Gasteiger partial charge in [-0.15, -0.1) is 0 Å². The predicted molar refractivity (Wildman–Crippen MR) is 106 cm³/mol. The summed E-state index contributed by atoms with van der Waals surface area (Å²) >= 11 is 7.05. The Balaban J connectivity index is 1.84. The molecule has 140 valence electrons. The molecule has 2 heterocycles. The van der Waals surface area contributed by atoms with Gasteiger partial charge in [0.25, 0.3) is 0 Å². The summed E-state index contributed by atoms with van der Waals surface area (Å²) in [4.78, 5) is 20.8. The maximum atomic E-state index is 13.4. The number of benzene rings is 1. The molecule has 0 amide bonds. The minimum Gasteiger partial charge on any atom is -0.383 e. The Hall–Kier alpha value is -2.58. The Morgan fingerprint density at radius 3 is 2.48 bits per heavy atom. The summed E-state index contributed by atoms with van der Waals surface area (Å²) in [5.74, 6) is 0.0685. The van der Waals surface area contributed by atoms with Crippen LogP contribution >= 0.6 is 23.4 Å². The first-order chi connectivity index (χ1) is 12.8. The van der Waals surface area contributed by atoms with Crippen LogP contribution in [-0.2, 0) is 0 Å². The molecule has 0 atom stereocenters. The van der Waals surface area contributed by atoms with Crippen LogP contribution in [0, 0.1) is 19.7 Å². The van der Waals surface area contributed by atoms with E-state index in [4.69, 9.17) is 23.1 Å². The van der Waals surface area contributed by atoms with Crippen molar-refractivity contribution in [1.29, 1.82) is 0 Å². The molecule has 6 nitrogen and oxygen atoms in total. The molecule has 0 fully saturated rings. The molecule has 0 aliphatic heterocycles. The van der Waals surface area contributed by atoms with Crippen molar-refractivity contribution < 1.29 is 9.18 Å². The van der Waals surface area contributed by atoms with Gasteiger partial charge in [-0.1, -0.05) is 23.4 Å². The van der Waals surface area contributed by atoms with Crippen molar-refractivity contribution in [3.8, 4) is 5.69 Å². The monoisotopic (exact) mass is 405 g/mol. The highest BCUT2D eigenvalue weighted by Crippen LogP contribution is 2.26. The number of aromatic nitrogens is 3. The van der Waals surface area contributed by atoms with Gasteiger partial charge < -0.3 is 16.0 Å². The number of thioether (sulfide) groups is 1. The van der Waals surface area contributed by atoms with E-state index in [1.165, 1.54) is 18.2 Å². The highest BCUT2D eigenvalue weighted by molar-refractivity contribution is 7.99. The zero-order chi connectivity index (χ0) is 19.7. The van der Waals surface area contributed by atoms with Crippen molar-refractivity contribution in [1.82, 2.24) is 14.5 Å². The fourth-order valence-corrected chi connectivity index (χ4v) is 3.73. The third-order valence-electron chi connectivity index (χ3n) is 3.97. The van der Waals surface area contributed by atoms with Crippen molar-refractivity contribution in [2.75, 3.05) is 17.2 Å². The molecule has 0 spiro atoms. The second-order valence-corrected chi connectivity index (χ2v) is 7.28. The first kappa shape index (κ1) is 19.2. The third kappa shape index (κ3) is 4.06. The summed E-state index contributed by atoms with van der Waals surface area (Å²) in [5.41, 5.74) is 14.1. The molecule has 0 saturated carbocycles. The maximum absolute atomic E-state index is 13.4. The fourth-order valence-electron chi connectivity index (χ4n) is 2.80. The summed E-state index contributed by atoms with van der Waals surface area (Å²) < 4.78 is 15.3. The van der Waals surface area contributed by atoms with E-state index in [2.05, 4.69) is 9.97 Å². The van der Waals surface area contributed by atoms with Crippen LogP contribution in [-0.4, -0.2) is 26.1 Å². The number of nitrogens with zero attached hydrogens (tertiary/aromatic N) is 3. The topological polar surface area (TPSA) is 99.8 Å². The van der Waals surface area contributed by atoms with Crippen LogP contribution in [0.2, 0.25) is 5.02 Å². The summed E-state index contributed by atoms with van der Waals surface area (Å²) in [6.07, 6.45) is 0. The van der Waals surface area contributed by atoms with Crippen molar-refractivity contribution >= 4 is 40.8 Å². The van der Waals surface area contributed by atoms with Gasteiger partial charge in [-0.2, -0.15) is 0 Å². The minimum atomic E-state index is -0.489. The Morgan fingerprint density at radius 1 is 1.19 bits per heavy atom. The summed E-state index contributed by atoms with van der Waals surface area (Å²) in [6, 6.07) is 7.70. The molecule has 0 bridgehead atoms. The lowest BCUT2D eigenvalue weighted by atomic mass is 10.2. The number of hydrogen-bond acceptors (Lipinski definition) is 6. The van der Waals surface area contributed by atoms with Gasteiger partial charge >= 0.3 is 0 Å². The standard InChI is InChI=1S/C18H17ClFN5OS/c1-9-5-12(10(2)25(9)11-3-4-14(20)13(19)6-11)15(26)8-27-18-23-16(21)7-17(22)24-18/h3-7H,8H2,1-2H3,(H4,21,22,23,24). The summed E-state index contributed by atoms with van der Waals surface area (Å²) in [5, 5.41) is 0.375. The number of carbonyl (C=O) groups is 1. The molecule has 27 heavy (non-hydrogen) atoms. The largest absolute Gasteiger partial charge is 0.383 e. The Kier molecular flexibility index (Phi) is 5.38. The highest BCUT2D eigenvalue weighted by Gasteiger charge is 2.18. The fraction of sp³-hybridized carbons (Fsp3) is 0.167. The van der Waals surface area contributed by atoms with Crippen LogP contribution in [0.4, 0.5) is 16.0 Å². The van der Waals surface area contributed by atoms with Crippen LogP contribution in [0.5, 0.6) is 0 Å². The summed E-state index contributed by atoms with van der Waals surface area (Å²) in [6.45, 7) is 3.70. The Morgan fingerprint density at radius 2 is 1.85 bits per heavy atom. The number of nitrogen functional groups attached to an aromatic ring is 2. The maximum Gasteiger partial charge on any atom is 0.191 e. The van der Waals surface area contributed by atoms with E-state index < -0.39 is 5.82 Å². The lowest BCUT2D eigenvalue weighted by Crippen LogP contribution is -2.07. The molecular formula is C18H17ClFN5OS. The van der Waals surface area contributed by atoms with Gasteiger partial charge in [-0.3, -0.25) is 4.79 Å². The van der Waals surface area contributed by atoms with Crippen LogP contribution in [0.1, 0.15) is 21.7 Å². The number of carbonyl (C=O) groups excluding carboxylic acids is 1. The van der Waals surface area contributed by atoms with Crippen molar-refractivity contribution in [3.05, 3.63) is 58.1 Å². The normalized spacial score (nSPS) is 11.0. The van der Waals surface area contributed by atoms with Crippen LogP contribution in [0.3, 0.4) is 0 Å². The predicted octanol–water partition coefficient (Wildman–Crippen LogP) is 3.82. The van der Waals surface area contributed by atoms with Gasteiger partial charge in [-0.25, -0.2) is 14.4 Å². The van der Waals surface area contributed by atoms with E-state index in [1.807, 2.05) is 18.4 Å². The first-order valence-electron chi connectivity index (χ1n) is 7.96. The average molecular weight is 406 g/mol. The second-order valence-electron chi connectivity index (χ2n) is 5.93. The van der Waals surface area contributed by atoms with Crippen molar-refractivity contribution in [2.24, 2.45) is 0 Å². The Bertz CT molecular complexity index is 1020. The van der Waals surface area contributed by atoms with E-state index in [0.29, 0.717) is 16.4 Å². The number of hydrogen-bond donors (Lipinski definition) is 2. The number of nitrogens with two attached hydrogens (primary N) is 2. The van der Waals surface area contributed by atoms with Crippen molar-refractivity contribution in [3.63, 3.8) is 0 Å².